The van der Waals surface area contributed by atoms with Crippen molar-refractivity contribution in [2.75, 3.05) is 6.61 Å². The van der Waals surface area contributed by atoms with Gasteiger partial charge in [-0.15, -0.1) is 12.3 Å². The van der Waals surface area contributed by atoms with Crippen LogP contribution in [0.15, 0.2) is 48.5 Å². The highest BCUT2D eigenvalue weighted by Gasteiger charge is 2.30. The van der Waals surface area contributed by atoms with Gasteiger partial charge in [-0.3, -0.25) is 4.79 Å². The van der Waals surface area contributed by atoms with E-state index in [4.69, 9.17) is 11.2 Å². The molecule has 0 heterocycles. The zero-order valence-corrected chi connectivity index (χ0v) is 19.4. The van der Waals surface area contributed by atoms with Gasteiger partial charge in [-0.25, -0.2) is 9.59 Å². The number of fused-ring (bicyclic) bond motifs is 3. The van der Waals surface area contributed by atoms with Crippen molar-refractivity contribution >= 4 is 18.0 Å². The number of rotatable bonds is 10. The van der Waals surface area contributed by atoms with Gasteiger partial charge in [-0.05, 0) is 34.6 Å². The van der Waals surface area contributed by atoms with Gasteiger partial charge in [0.25, 0.3) is 0 Å². The summed E-state index contributed by atoms with van der Waals surface area (Å²) in [5, 5.41) is 14.4. The zero-order valence-electron chi connectivity index (χ0n) is 19.4. The molecule has 0 bridgehead atoms. The third-order valence-electron chi connectivity index (χ3n) is 6.22. The van der Waals surface area contributed by atoms with Crippen LogP contribution in [0.1, 0.15) is 50.2 Å². The fraction of sp³-hybridized carbons (Fsp3) is 0.370. The van der Waals surface area contributed by atoms with E-state index in [2.05, 4.69) is 16.6 Å². The normalized spacial score (nSPS) is 14.6. The summed E-state index contributed by atoms with van der Waals surface area (Å²) in [4.78, 5) is 36.8. The predicted molar refractivity (Wildman–Crippen MR) is 129 cm³/mol. The Morgan fingerprint density at radius 1 is 1.03 bits per heavy atom. The monoisotopic (exact) mass is 462 g/mol. The maximum absolute atomic E-state index is 12.7. The summed E-state index contributed by atoms with van der Waals surface area (Å²) in [6, 6.07) is 13.8. The van der Waals surface area contributed by atoms with Crippen LogP contribution in [0.3, 0.4) is 0 Å². The third-order valence-corrected chi connectivity index (χ3v) is 6.22. The molecule has 1 aliphatic rings. The molecule has 34 heavy (non-hydrogen) atoms. The fourth-order valence-electron chi connectivity index (χ4n) is 4.17. The van der Waals surface area contributed by atoms with Gasteiger partial charge < -0.3 is 20.5 Å². The summed E-state index contributed by atoms with van der Waals surface area (Å²) in [6.45, 7) is 3.96. The molecule has 3 unspecified atom stereocenters. The average Bonchev–Trinajstić information content (AvgIpc) is 3.15. The van der Waals surface area contributed by atoms with E-state index in [1.165, 1.54) is 0 Å². The van der Waals surface area contributed by atoms with E-state index in [1.54, 1.807) is 0 Å². The number of alkyl carbamates (subject to hydrolysis) is 1. The highest BCUT2D eigenvalue weighted by Crippen LogP contribution is 2.44. The number of nitrogens with one attached hydrogen (secondary N) is 2. The fourth-order valence-corrected chi connectivity index (χ4v) is 4.17. The molecule has 0 spiro atoms. The van der Waals surface area contributed by atoms with E-state index >= 15 is 0 Å². The highest BCUT2D eigenvalue weighted by molar-refractivity contribution is 5.89. The van der Waals surface area contributed by atoms with Gasteiger partial charge in [0.15, 0.2) is 0 Å². The number of carbonyl (C=O) groups is 3. The van der Waals surface area contributed by atoms with Gasteiger partial charge in [0.1, 0.15) is 18.7 Å². The van der Waals surface area contributed by atoms with E-state index in [0.29, 0.717) is 0 Å². The molecule has 0 aliphatic heterocycles. The molecule has 178 valence electrons. The van der Waals surface area contributed by atoms with Crippen LogP contribution >= 0.6 is 0 Å². The van der Waals surface area contributed by atoms with Crippen molar-refractivity contribution in [1.82, 2.24) is 10.6 Å². The van der Waals surface area contributed by atoms with Crippen LogP contribution < -0.4 is 10.6 Å². The summed E-state index contributed by atoms with van der Waals surface area (Å²) < 4.78 is 5.49. The first-order valence-electron chi connectivity index (χ1n) is 11.4. The molecular weight excluding hydrogens is 432 g/mol. The molecule has 0 aromatic heterocycles. The molecule has 2 amide bonds. The van der Waals surface area contributed by atoms with Crippen molar-refractivity contribution in [2.24, 2.45) is 5.92 Å². The molecule has 7 nitrogen and oxygen atoms in total. The first-order valence-corrected chi connectivity index (χ1v) is 11.4. The highest BCUT2D eigenvalue weighted by atomic mass is 16.5. The first kappa shape index (κ1) is 24.8. The molecule has 0 saturated carbocycles. The Morgan fingerprint density at radius 2 is 1.62 bits per heavy atom. The van der Waals surface area contributed by atoms with Gasteiger partial charge >= 0.3 is 12.1 Å². The predicted octanol–water partition coefficient (Wildman–Crippen LogP) is 3.92. The first-order chi connectivity index (χ1) is 16.3. The second kappa shape index (κ2) is 11.4. The lowest BCUT2D eigenvalue weighted by molar-refractivity contribution is -0.142. The van der Waals surface area contributed by atoms with Crippen LogP contribution in [0, 0.1) is 18.3 Å². The second-order valence-electron chi connectivity index (χ2n) is 8.58. The van der Waals surface area contributed by atoms with Crippen LogP contribution in [0.2, 0.25) is 0 Å². The minimum Gasteiger partial charge on any atom is -0.480 e. The number of ether oxygens (including phenoxy) is 1. The van der Waals surface area contributed by atoms with E-state index < -0.39 is 30.1 Å². The Bertz CT molecular complexity index is 1040. The number of hydrogen-bond donors (Lipinski definition) is 3. The number of terminal acetylenes is 1. The number of carboxylic acid groups (broad SMARTS) is 1. The molecule has 0 fully saturated rings. The molecule has 3 atom stereocenters. The lowest BCUT2D eigenvalue weighted by atomic mass is 9.98. The zero-order chi connectivity index (χ0) is 24.7. The summed E-state index contributed by atoms with van der Waals surface area (Å²) in [7, 11) is 0. The number of amides is 2. The lowest BCUT2D eigenvalue weighted by Gasteiger charge is -2.22. The van der Waals surface area contributed by atoms with Crippen molar-refractivity contribution in [2.45, 2.75) is 51.1 Å². The molecule has 3 rings (SSSR count). The maximum Gasteiger partial charge on any atom is 0.407 e. The van der Waals surface area contributed by atoms with Crippen LogP contribution in [0.25, 0.3) is 11.1 Å². The SMILES string of the molecule is C#CCC(NC(=O)OCC1c2ccccc2-c2ccccc21)C(=O)NC(CC(C)CC)C(=O)O. The molecule has 1 aliphatic carbocycles. The van der Waals surface area contributed by atoms with Crippen molar-refractivity contribution in [3.05, 3.63) is 59.7 Å². The lowest BCUT2D eigenvalue weighted by Crippen LogP contribution is -2.52. The Hall–Kier alpha value is -3.79. The number of aliphatic carboxylic acids is 1. The minimum atomic E-state index is -1.13. The van der Waals surface area contributed by atoms with Gasteiger partial charge in [-0.2, -0.15) is 0 Å². The average molecular weight is 463 g/mol. The number of carboxylic acids is 1. The molecule has 0 radical (unpaired) electrons. The standard InChI is InChI=1S/C27H30N2O5/c1-4-10-23(25(30)28-24(26(31)32)15-17(3)5-2)29-27(33)34-16-22-20-13-8-6-11-18(20)19-12-7-9-14-21(19)22/h1,6-9,11-14,17,22-24H,5,10,15-16H2,2-3H3,(H,28,30)(H,29,33)(H,31,32). The Morgan fingerprint density at radius 3 is 2.15 bits per heavy atom. The smallest absolute Gasteiger partial charge is 0.407 e. The van der Waals surface area contributed by atoms with E-state index in [9.17, 15) is 19.5 Å². The minimum absolute atomic E-state index is 0.0916. The second-order valence-corrected chi connectivity index (χ2v) is 8.58. The van der Waals surface area contributed by atoms with Crippen LogP contribution in [0.4, 0.5) is 4.79 Å². The Labute approximate surface area is 199 Å². The van der Waals surface area contributed by atoms with Gasteiger partial charge in [0, 0.05) is 12.3 Å². The summed E-state index contributed by atoms with van der Waals surface area (Å²) >= 11 is 0. The summed E-state index contributed by atoms with van der Waals surface area (Å²) in [5.74, 6) is 0.565. The van der Waals surface area contributed by atoms with Gasteiger partial charge in [0.05, 0.1) is 0 Å². The van der Waals surface area contributed by atoms with Crippen molar-refractivity contribution in [1.29, 1.82) is 0 Å². The molecule has 2 aromatic carbocycles. The summed E-state index contributed by atoms with van der Waals surface area (Å²) in [5.41, 5.74) is 4.36. The van der Waals surface area contributed by atoms with Crippen molar-refractivity contribution < 1.29 is 24.2 Å². The van der Waals surface area contributed by atoms with Crippen LogP contribution in [0.5, 0.6) is 0 Å². The van der Waals surface area contributed by atoms with Gasteiger partial charge in [-0.1, -0.05) is 68.8 Å². The van der Waals surface area contributed by atoms with Gasteiger partial charge in [0.2, 0.25) is 5.91 Å². The molecule has 0 saturated heterocycles. The molecule has 7 heteroatoms. The van der Waals surface area contributed by atoms with Crippen molar-refractivity contribution in [3.63, 3.8) is 0 Å². The number of hydrogen-bond acceptors (Lipinski definition) is 4. The van der Waals surface area contributed by atoms with E-state index in [1.807, 2.05) is 62.4 Å². The van der Waals surface area contributed by atoms with Crippen molar-refractivity contribution in [3.8, 4) is 23.5 Å². The third kappa shape index (κ3) is 5.76. The Balaban J connectivity index is 1.64. The quantitative estimate of drug-likeness (QED) is 0.464. The summed E-state index contributed by atoms with van der Waals surface area (Å²) in [6.07, 6.45) is 5.57. The maximum atomic E-state index is 12.7. The molecular formula is C27H30N2O5. The Kier molecular flexibility index (Phi) is 8.31. The number of benzene rings is 2. The van der Waals surface area contributed by atoms with E-state index in [0.717, 1.165) is 28.7 Å². The van der Waals surface area contributed by atoms with Crippen LogP contribution in [-0.4, -0.2) is 41.8 Å². The van der Waals surface area contributed by atoms with E-state index in [-0.39, 0.29) is 31.3 Å². The largest absolute Gasteiger partial charge is 0.480 e. The molecule has 2 aromatic rings. The van der Waals surface area contributed by atoms with Crippen LogP contribution in [-0.2, 0) is 14.3 Å². The number of carbonyl (C=O) groups excluding carboxylic acids is 2. The topological polar surface area (TPSA) is 105 Å². The molecule has 3 N–H and O–H groups in total.